The van der Waals surface area contributed by atoms with Crippen LogP contribution in [0.4, 0.5) is 17.6 Å². The van der Waals surface area contributed by atoms with Crippen LogP contribution in [0, 0.1) is 5.82 Å². The molecule has 2 aromatic carbocycles. The molecule has 2 atom stereocenters. The Kier molecular flexibility index (Phi) is 14.5. The Morgan fingerprint density at radius 3 is 2.21 bits per heavy atom. The van der Waals surface area contributed by atoms with Gasteiger partial charge in [0.1, 0.15) is 11.5 Å². The van der Waals surface area contributed by atoms with E-state index in [2.05, 4.69) is 54.0 Å². The number of hydrogen-bond donors (Lipinski definition) is 5. The van der Waals surface area contributed by atoms with Crippen molar-refractivity contribution in [1.29, 1.82) is 0 Å². The number of hydrogen-bond acceptors (Lipinski definition) is 6. The van der Waals surface area contributed by atoms with Crippen molar-refractivity contribution in [3.8, 4) is 5.69 Å². The zero-order chi connectivity index (χ0) is 39.0. The average molecular weight is 747 g/mol. The van der Waals surface area contributed by atoms with E-state index in [1.54, 1.807) is 31.4 Å². The smallest absolute Gasteiger partial charge is 0.370 e. The highest BCUT2D eigenvalue weighted by Crippen LogP contribution is 2.41. The Bertz CT molecular complexity index is 1850. The molecule has 2 aromatic heterocycles. The summed E-state index contributed by atoms with van der Waals surface area (Å²) in [6, 6.07) is 13.2. The molecule has 52 heavy (non-hydrogen) atoms. The molecule has 0 amide bonds. The number of alkyl halides is 3. The number of aryl methyl sites for hydroxylation is 1. The number of aromatic amines is 1. The van der Waals surface area contributed by atoms with Gasteiger partial charge >= 0.3 is 11.2 Å². The van der Waals surface area contributed by atoms with E-state index in [0.29, 0.717) is 24.2 Å². The first-order valence-electron chi connectivity index (χ1n) is 17.4. The van der Waals surface area contributed by atoms with Gasteiger partial charge in [0, 0.05) is 41.3 Å². The van der Waals surface area contributed by atoms with Crippen molar-refractivity contribution in [3.05, 3.63) is 87.3 Å². The van der Waals surface area contributed by atoms with Crippen molar-refractivity contribution in [1.82, 2.24) is 19.9 Å². The number of halogens is 4. The highest BCUT2D eigenvalue weighted by atomic mass is 32.2. The van der Waals surface area contributed by atoms with Gasteiger partial charge < -0.3 is 27.5 Å². The molecule has 0 spiro atoms. The maximum absolute atomic E-state index is 14.4. The summed E-state index contributed by atoms with van der Waals surface area (Å²) in [6.07, 6.45) is 4.84. The second-order valence-electron chi connectivity index (χ2n) is 15.2. The van der Waals surface area contributed by atoms with Crippen LogP contribution in [0.3, 0.4) is 0 Å². The summed E-state index contributed by atoms with van der Waals surface area (Å²) >= 11 is -0.388. The van der Waals surface area contributed by atoms with E-state index in [0.717, 1.165) is 53.7 Å². The molecule has 14 heteroatoms. The summed E-state index contributed by atoms with van der Waals surface area (Å²) in [5, 5.41) is 4.36. The molecule has 9 nitrogen and oxygen atoms in total. The van der Waals surface area contributed by atoms with E-state index in [4.69, 9.17) is 17.2 Å². The van der Waals surface area contributed by atoms with Crippen molar-refractivity contribution in [2.75, 3.05) is 13.1 Å². The molecule has 0 fully saturated rings. The molecule has 0 saturated carbocycles. The van der Waals surface area contributed by atoms with Gasteiger partial charge in [-0.1, -0.05) is 59.7 Å². The fraction of sp³-hybridized carbons (Fsp3) is 0.500. The van der Waals surface area contributed by atoms with Crippen molar-refractivity contribution >= 4 is 28.8 Å². The molecule has 0 aliphatic carbocycles. The minimum absolute atomic E-state index is 0.0390. The quantitative estimate of drug-likeness (QED) is 0.0327. The topological polar surface area (TPSA) is 153 Å². The lowest BCUT2D eigenvalue weighted by Gasteiger charge is -2.23. The number of nitrogens with one attached hydrogen (secondary N) is 2. The molecule has 4 aromatic rings. The third-order valence-electron chi connectivity index (χ3n) is 8.32. The minimum Gasteiger partial charge on any atom is -0.370 e. The summed E-state index contributed by atoms with van der Waals surface area (Å²) in [5.41, 5.74) is 15.6. The third kappa shape index (κ3) is 13.0. The number of benzene rings is 2. The first-order valence-corrected chi connectivity index (χ1v) is 18.2. The Hall–Kier alpha value is -3.88. The average Bonchev–Trinajstić information content (AvgIpc) is 3.44. The Labute approximate surface area is 308 Å². The van der Waals surface area contributed by atoms with Crippen LogP contribution in [-0.2, 0) is 17.3 Å². The molecule has 0 saturated heterocycles. The summed E-state index contributed by atoms with van der Waals surface area (Å²) in [4.78, 5) is 23.7. The SMILES string of the molecule is C[C@H](N)CCCc1cc(SC(F)(F)F)c(F)c(C(C)(C)C)c1.C[C@H](NCCCN=C(N)N)c1ccc(-n2cc3cc(C(C)(C)C)[nH]c3nc2=O)cc1. The van der Waals surface area contributed by atoms with Gasteiger partial charge in [0.05, 0.1) is 10.6 Å². The molecule has 0 aliphatic rings. The molecule has 0 bridgehead atoms. The fourth-order valence-corrected chi connectivity index (χ4v) is 6.06. The van der Waals surface area contributed by atoms with Crippen molar-refractivity contribution in [2.24, 2.45) is 22.2 Å². The minimum atomic E-state index is -4.50. The summed E-state index contributed by atoms with van der Waals surface area (Å²) in [5.74, 6) is -0.651. The van der Waals surface area contributed by atoms with Gasteiger partial charge in [-0.15, -0.1) is 0 Å². The van der Waals surface area contributed by atoms with Gasteiger partial charge in [-0.25, -0.2) is 9.18 Å². The fourth-order valence-electron chi connectivity index (χ4n) is 5.40. The van der Waals surface area contributed by atoms with Crippen LogP contribution in [0.15, 0.2) is 63.3 Å². The molecule has 8 N–H and O–H groups in total. The number of rotatable bonds is 12. The van der Waals surface area contributed by atoms with E-state index >= 15 is 0 Å². The lowest BCUT2D eigenvalue weighted by Crippen LogP contribution is -2.24. The van der Waals surface area contributed by atoms with Crippen LogP contribution in [0.5, 0.6) is 0 Å². The summed E-state index contributed by atoms with van der Waals surface area (Å²) in [7, 11) is 0. The number of fused-ring (bicyclic) bond motifs is 1. The highest BCUT2D eigenvalue weighted by molar-refractivity contribution is 8.00. The normalized spacial score (nSPS) is 13.4. The van der Waals surface area contributed by atoms with E-state index in [1.807, 2.05) is 37.4 Å². The van der Waals surface area contributed by atoms with Crippen LogP contribution >= 0.6 is 11.8 Å². The van der Waals surface area contributed by atoms with Crippen LogP contribution in [0.2, 0.25) is 0 Å². The van der Waals surface area contributed by atoms with Crippen molar-refractivity contribution < 1.29 is 17.6 Å². The third-order valence-corrected chi connectivity index (χ3v) is 9.07. The predicted molar refractivity (Wildman–Crippen MR) is 206 cm³/mol. The van der Waals surface area contributed by atoms with Gasteiger partial charge in [-0.2, -0.15) is 18.2 Å². The Morgan fingerprint density at radius 1 is 1.00 bits per heavy atom. The van der Waals surface area contributed by atoms with Gasteiger partial charge in [-0.05, 0) is 104 Å². The maximum atomic E-state index is 14.4. The second kappa shape index (κ2) is 17.8. The number of aliphatic imine (C=N–C) groups is 1. The van der Waals surface area contributed by atoms with Crippen LogP contribution < -0.4 is 28.2 Å². The monoisotopic (exact) mass is 746 g/mol. The lowest BCUT2D eigenvalue weighted by atomic mass is 9.85. The van der Waals surface area contributed by atoms with E-state index in [9.17, 15) is 22.4 Å². The molecule has 0 unspecified atom stereocenters. The van der Waals surface area contributed by atoms with Crippen LogP contribution in [0.1, 0.15) is 103 Å². The summed E-state index contributed by atoms with van der Waals surface area (Å²) in [6.45, 7) is 17.1. The first-order chi connectivity index (χ1) is 24.0. The molecular formula is C38H54F4N8OS. The van der Waals surface area contributed by atoms with Gasteiger partial charge in [-0.3, -0.25) is 9.56 Å². The Morgan fingerprint density at radius 2 is 1.65 bits per heavy atom. The molecule has 286 valence electrons. The summed E-state index contributed by atoms with van der Waals surface area (Å²) < 4.78 is 53.8. The Balaban J connectivity index is 0.000000295. The number of H-pyrrole nitrogens is 1. The molecule has 0 aliphatic heterocycles. The standard InChI is InChI=1S/C22H31N7O.C16H23F4NS/c1-14(25-10-5-11-26-20(23)24)15-6-8-17(9-7-15)29-13-16-12-18(22(2,3)4)27-19(16)28-21(29)30;1-10(21)6-5-7-11-8-12(15(2,3)4)14(17)13(9-11)22-16(18,19)20/h6-9,12-14,25H,5,10-11H2,1-4H3,(H4,23,24,26)(H,27,28,30);8-10H,5-7,21H2,1-4H3/t14-;10-/m00/s1. The number of nitrogens with zero attached hydrogens (tertiary/aromatic N) is 3. The second-order valence-corrected chi connectivity index (χ2v) is 16.3. The maximum Gasteiger partial charge on any atom is 0.446 e. The van der Waals surface area contributed by atoms with E-state index in [1.165, 1.54) is 6.07 Å². The zero-order valence-corrected chi connectivity index (χ0v) is 32.2. The number of thioether (sulfide) groups is 1. The molecular weight excluding hydrogens is 693 g/mol. The largest absolute Gasteiger partial charge is 0.446 e. The first kappa shape index (κ1) is 42.5. The number of guanidine groups is 1. The number of nitrogens with two attached hydrogens (primary N) is 3. The molecule has 0 radical (unpaired) electrons. The van der Waals surface area contributed by atoms with Crippen LogP contribution in [0.25, 0.3) is 16.7 Å². The van der Waals surface area contributed by atoms with E-state index < -0.39 is 16.7 Å². The predicted octanol–water partition coefficient (Wildman–Crippen LogP) is 7.73. The lowest BCUT2D eigenvalue weighted by molar-refractivity contribution is -0.0329. The van der Waals surface area contributed by atoms with E-state index in [-0.39, 0.29) is 45.8 Å². The zero-order valence-electron chi connectivity index (χ0n) is 31.4. The van der Waals surface area contributed by atoms with Crippen LogP contribution in [-0.4, -0.2) is 45.1 Å². The molecule has 4 rings (SSSR count). The number of aromatic nitrogens is 3. The van der Waals surface area contributed by atoms with Gasteiger partial charge in [0.25, 0.3) is 0 Å². The van der Waals surface area contributed by atoms with Gasteiger partial charge in [0.15, 0.2) is 5.96 Å². The highest BCUT2D eigenvalue weighted by Gasteiger charge is 2.33. The van der Waals surface area contributed by atoms with Gasteiger partial charge in [0.2, 0.25) is 0 Å². The van der Waals surface area contributed by atoms with Crippen molar-refractivity contribution in [2.45, 2.75) is 114 Å². The molecule has 2 heterocycles. The van der Waals surface area contributed by atoms with Crippen molar-refractivity contribution in [3.63, 3.8) is 0 Å².